The Morgan fingerprint density at radius 3 is 2.87 bits per heavy atom. The molecule has 7 heteroatoms. The number of nitrogen functional groups attached to an aromatic ring is 1. The van der Waals surface area contributed by atoms with Crippen molar-refractivity contribution in [2.75, 3.05) is 17.3 Å². The van der Waals surface area contributed by atoms with Crippen molar-refractivity contribution in [3.63, 3.8) is 0 Å². The van der Waals surface area contributed by atoms with E-state index in [0.29, 0.717) is 23.5 Å². The Kier molecular flexibility index (Phi) is 2.16. The van der Waals surface area contributed by atoms with Gasteiger partial charge in [-0.15, -0.1) is 0 Å². The van der Waals surface area contributed by atoms with Gasteiger partial charge >= 0.3 is 0 Å². The van der Waals surface area contributed by atoms with Gasteiger partial charge in [0.05, 0.1) is 6.33 Å². The van der Waals surface area contributed by atoms with Crippen molar-refractivity contribution in [3.05, 3.63) is 6.33 Å². The normalized spacial score (nSPS) is 10.9. The van der Waals surface area contributed by atoms with Crippen LogP contribution in [0.2, 0.25) is 0 Å². The average Bonchev–Trinajstić information content (AvgIpc) is 2.58. The van der Waals surface area contributed by atoms with E-state index in [-0.39, 0.29) is 5.95 Å². The van der Waals surface area contributed by atoms with Gasteiger partial charge in [0.2, 0.25) is 5.95 Å². The number of hydrogen-bond donors (Lipinski definition) is 2. The van der Waals surface area contributed by atoms with E-state index >= 15 is 0 Å². The Balaban J connectivity index is 2.72. The van der Waals surface area contributed by atoms with Crippen LogP contribution in [-0.4, -0.2) is 26.1 Å². The topological polar surface area (TPSA) is 98.9 Å². The quantitative estimate of drug-likeness (QED) is 0.515. The SMILES string of the molecule is CCN(N)c1nc(N)nc2c1ncn2C. The van der Waals surface area contributed by atoms with E-state index in [2.05, 4.69) is 15.0 Å². The highest BCUT2D eigenvalue weighted by atomic mass is 15.4. The van der Waals surface area contributed by atoms with E-state index in [1.165, 1.54) is 5.01 Å². The van der Waals surface area contributed by atoms with Crippen LogP contribution in [0.1, 0.15) is 6.92 Å². The average molecular weight is 207 g/mol. The minimum atomic E-state index is 0.199. The van der Waals surface area contributed by atoms with E-state index in [9.17, 15) is 0 Å². The molecule has 0 aliphatic rings. The largest absolute Gasteiger partial charge is 0.368 e. The number of nitrogens with two attached hydrogens (primary N) is 2. The molecule has 0 fully saturated rings. The van der Waals surface area contributed by atoms with Gasteiger partial charge in [0.1, 0.15) is 0 Å². The molecule has 0 saturated heterocycles. The number of fused-ring (bicyclic) bond motifs is 1. The van der Waals surface area contributed by atoms with Gasteiger partial charge in [-0.05, 0) is 6.92 Å². The first-order chi connectivity index (χ1) is 7.13. The van der Waals surface area contributed by atoms with Crippen LogP contribution >= 0.6 is 0 Å². The van der Waals surface area contributed by atoms with Crippen molar-refractivity contribution < 1.29 is 0 Å². The fraction of sp³-hybridized carbons (Fsp3) is 0.375. The molecular weight excluding hydrogens is 194 g/mol. The molecule has 0 radical (unpaired) electrons. The van der Waals surface area contributed by atoms with Crippen LogP contribution in [0.15, 0.2) is 6.33 Å². The number of aromatic nitrogens is 4. The molecule has 2 aromatic heterocycles. The highest BCUT2D eigenvalue weighted by Crippen LogP contribution is 2.20. The van der Waals surface area contributed by atoms with Gasteiger partial charge in [0.25, 0.3) is 0 Å². The Morgan fingerprint density at radius 1 is 1.47 bits per heavy atom. The van der Waals surface area contributed by atoms with Gasteiger partial charge in [-0.3, -0.25) is 5.01 Å². The van der Waals surface area contributed by atoms with E-state index in [0.717, 1.165) is 0 Å². The molecule has 2 rings (SSSR count). The molecule has 0 amide bonds. The molecule has 80 valence electrons. The van der Waals surface area contributed by atoms with Crippen LogP contribution in [0.25, 0.3) is 11.2 Å². The van der Waals surface area contributed by atoms with E-state index in [1.807, 2.05) is 14.0 Å². The highest BCUT2D eigenvalue weighted by molar-refractivity contribution is 5.84. The smallest absolute Gasteiger partial charge is 0.224 e. The van der Waals surface area contributed by atoms with E-state index < -0.39 is 0 Å². The first-order valence-corrected chi connectivity index (χ1v) is 4.60. The molecule has 4 N–H and O–H groups in total. The first kappa shape index (κ1) is 9.66. The Bertz CT molecular complexity index is 489. The van der Waals surface area contributed by atoms with Gasteiger partial charge in [-0.2, -0.15) is 9.97 Å². The lowest BCUT2D eigenvalue weighted by Crippen LogP contribution is -2.31. The second kappa shape index (κ2) is 3.35. The molecule has 0 saturated carbocycles. The fourth-order valence-electron chi connectivity index (χ4n) is 1.36. The third-order valence-corrected chi connectivity index (χ3v) is 2.17. The second-order valence-corrected chi connectivity index (χ2v) is 3.22. The molecule has 0 unspecified atom stereocenters. The van der Waals surface area contributed by atoms with Crippen molar-refractivity contribution in [1.82, 2.24) is 19.5 Å². The molecule has 0 bridgehead atoms. The standard InChI is InChI=1S/C8H13N7/c1-3-15(10)7-5-6(12-8(9)13-7)14(2)4-11-5/h4H,3,10H2,1-2H3,(H2,9,12,13). The second-order valence-electron chi connectivity index (χ2n) is 3.22. The molecule has 7 nitrogen and oxygen atoms in total. The zero-order valence-corrected chi connectivity index (χ0v) is 8.68. The zero-order chi connectivity index (χ0) is 11.0. The Hall–Kier alpha value is -1.89. The summed E-state index contributed by atoms with van der Waals surface area (Å²) in [6, 6.07) is 0. The highest BCUT2D eigenvalue weighted by Gasteiger charge is 2.13. The third kappa shape index (κ3) is 1.46. The number of hydrogen-bond acceptors (Lipinski definition) is 6. The first-order valence-electron chi connectivity index (χ1n) is 4.60. The molecular formula is C8H13N7. The van der Waals surface area contributed by atoms with Crippen molar-refractivity contribution in [1.29, 1.82) is 0 Å². The monoisotopic (exact) mass is 207 g/mol. The predicted molar refractivity (Wildman–Crippen MR) is 57.9 cm³/mol. The number of imidazole rings is 1. The molecule has 2 heterocycles. The van der Waals surface area contributed by atoms with E-state index in [1.54, 1.807) is 10.9 Å². The lowest BCUT2D eigenvalue weighted by Gasteiger charge is -2.15. The van der Waals surface area contributed by atoms with Crippen LogP contribution < -0.4 is 16.6 Å². The van der Waals surface area contributed by atoms with Crippen LogP contribution in [-0.2, 0) is 7.05 Å². The number of rotatable bonds is 2. The van der Waals surface area contributed by atoms with Crippen molar-refractivity contribution in [3.8, 4) is 0 Å². The molecule has 2 aromatic rings. The van der Waals surface area contributed by atoms with Crippen LogP contribution in [0.5, 0.6) is 0 Å². The molecule has 0 aliphatic carbocycles. The molecule has 0 aromatic carbocycles. The maximum absolute atomic E-state index is 5.78. The summed E-state index contributed by atoms with van der Waals surface area (Å²) < 4.78 is 1.78. The van der Waals surface area contributed by atoms with Gasteiger partial charge in [-0.25, -0.2) is 10.8 Å². The zero-order valence-electron chi connectivity index (χ0n) is 8.68. The Labute approximate surface area is 86.7 Å². The van der Waals surface area contributed by atoms with Gasteiger partial charge in [0, 0.05) is 13.6 Å². The number of hydrazine groups is 1. The number of aryl methyl sites for hydroxylation is 1. The summed E-state index contributed by atoms with van der Waals surface area (Å²) >= 11 is 0. The van der Waals surface area contributed by atoms with Crippen molar-refractivity contribution in [2.45, 2.75) is 6.92 Å². The maximum atomic E-state index is 5.78. The fourth-order valence-corrected chi connectivity index (χ4v) is 1.36. The summed E-state index contributed by atoms with van der Waals surface area (Å²) in [5.74, 6) is 6.53. The summed E-state index contributed by atoms with van der Waals surface area (Å²) in [4.78, 5) is 12.4. The predicted octanol–water partition coefficient (Wildman–Crippen LogP) is -0.354. The maximum Gasteiger partial charge on any atom is 0.224 e. The van der Waals surface area contributed by atoms with Crippen molar-refractivity contribution in [2.24, 2.45) is 12.9 Å². The van der Waals surface area contributed by atoms with Gasteiger partial charge in [-0.1, -0.05) is 0 Å². The van der Waals surface area contributed by atoms with Crippen LogP contribution in [0.4, 0.5) is 11.8 Å². The minimum absolute atomic E-state index is 0.199. The molecule has 0 aliphatic heterocycles. The lowest BCUT2D eigenvalue weighted by molar-refractivity contribution is 0.869. The van der Waals surface area contributed by atoms with Crippen LogP contribution in [0.3, 0.4) is 0 Å². The minimum Gasteiger partial charge on any atom is -0.368 e. The number of nitrogens with zero attached hydrogens (tertiary/aromatic N) is 5. The summed E-state index contributed by atoms with van der Waals surface area (Å²) in [5, 5.41) is 1.49. The summed E-state index contributed by atoms with van der Waals surface area (Å²) in [7, 11) is 1.85. The summed E-state index contributed by atoms with van der Waals surface area (Å²) in [6.45, 7) is 2.55. The van der Waals surface area contributed by atoms with Crippen LogP contribution in [0, 0.1) is 0 Å². The van der Waals surface area contributed by atoms with Crippen molar-refractivity contribution >= 4 is 22.9 Å². The lowest BCUT2D eigenvalue weighted by atomic mass is 10.4. The molecule has 0 atom stereocenters. The van der Waals surface area contributed by atoms with Gasteiger partial charge in [0.15, 0.2) is 17.0 Å². The molecule has 0 spiro atoms. The third-order valence-electron chi connectivity index (χ3n) is 2.17. The summed E-state index contributed by atoms with van der Waals surface area (Å²) in [6.07, 6.45) is 1.66. The summed E-state index contributed by atoms with van der Waals surface area (Å²) in [5.41, 5.74) is 6.94. The molecule has 15 heavy (non-hydrogen) atoms. The van der Waals surface area contributed by atoms with Gasteiger partial charge < -0.3 is 10.3 Å². The Morgan fingerprint density at radius 2 is 2.20 bits per heavy atom. The number of anilines is 2. The van der Waals surface area contributed by atoms with E-state index in [4.69, 9.17) is 11.6 Å².